The fourth-order valence-corrected chi connectivity index (χ4v) is 3.57. The monoisotopic (exact) mass is 391 g/mol. The van der Waals surface area contributed by atoms with Crippen molar-refractivity contribution in [2.45, 2.75) is 0 Å². The van der Waals surface area contributed by atoms with Gasteiger partial charge in [-0.1, -0.05) is 70.5 Å². The minimum Gasteiger partial charge on any atom is -0.245 e. The normalized spacial score (nSPS) is 11.4. The zero-order chi connectivity index (χ0) is 16.4. The van der Waals surface area contributed by atoms with Crippen LogP contribution in [0.4, 0.5) is 0 Å². The fraction of sp³-hybridized carbons (Fsp3) is 0. The third-order valence-electron chi connectivity index (χ3n) is 3.91. The predicted octanol–water partition coefficient (Wildman–Crippen LogP) is 6.90. The van der Waals surface area contributed by atoms with E-state index in [2.05, 4.69) is 99.8 Å². The second-order valence-electron chi connectivity index (χ2n) is 5.54. The van der Waals surface area contributed by atoms with Crippen molar-refractivity contribution >= 4 is 49.6 Å². The van der Waals surface area contributed by atoms with E-state index in [4.69, 9.17) is 0 Å². The van der Waals surface area contributed by atoms with E-state index in [1.54, 1.807) is 11.3 Å². The standard InChI is InChI=1S/C21H14BrNS/c22-19-10-5-16(6-11-19)2-1-15-3-7-17(8-4-15)18-9-12-20-21(13-18)24-14-23-20/h1-14H/b2-1+. The van der Waals surface area contributed by atoms with E-state index >= 15 is 0 Å². The topological polar surface area (TPSA) is 12.9 Å². The number of hydrogen-bond acceptors (Lipinski definition) is 2. The highest BCUT2D eigenvalue weighted by atomic mass is 79.9. The summed E-state index contributed by atoms with van der Waals surface area (Å²) in [6.07, 6.45) is 4.27. The van der Waals surface area contributed by atoms with Crippen LogP contribution in [0.2, 0.25) is 0 Å². The zero-order valence-electron chi connectivity index (χ0n) is 12.8. The maximum Gasteiger partial charge on any atom is 0.0812 e. The van der Waals surface area contributed by atoms with E-state index in [-0.39, 0.29) is 0 Å². The Morgan fingerprint density at radius 1 is 0.750 bits per heavy atom. The quantitative estimate of drug-likeness (QED) is 0.346. The molecular formula is C21H14BrNS. The molecule has 3 aromatic carbocycles. The zero-order valence-corrected chi connectivity index (χ0v) is 15.2. The molecule has 0 fully saturated rings. The van der Waals surface area contributed by atoms with Gasteiger partial charge in [-0.2, -0.15) is 0 Å². The maximum atomic E-state index is 4.33. The van der Waals surface area contributed by atoms with E-state index in [0.717, 1.165) is 9.99 Å². The van der Waals surface area contributed by atoms with Crippen LogP contribution in [-0.2, 0) is 0 Å². The van der Waals surface area contributed by atoms with Gasteiger partial charge < -0.3 is 0 Å². The molecule has 4 rings (SSSR count). The van der Waals surface area contributed by atoms with Crippen LogP contribution in [0, 0.1) is 0 Å². The average Bonchev–Trinajstić information content (AvgIpc) is 3.09. The number of halogens is 1. The molecular weight excluding hydrogens is 378 g/mol. The first-order chi connectivity index (χ1) is 11.8. The van der Waals surface area contributed by atoms with Crippen LogP contribution >= 0.6 is 27.3 Å². The molecule has 3 heteroatoms. The lowest BCUT2D eigenvalue weighted by atomic mass is 10.0. The van der Waals surface area contributed by atoms with Gasteiger partial charge in [-0.3, -0.25) is 0 Å². The molecule has 1 nitrogen and oxygen atoms in total. The highest BCUT2D eigenvalue weighted by Gasteiger charge is 2.01. The molecule has 0 saturated carbocycles. The van der Waals surface area contributed by atoms with Gasteiger partial charge in [-0.05, 0) is 46.5 Å². The fourth-order valence-electron chi connectivity index (χ4n) is 2.59. The Labute approximate surface area is 153 Å². The van der Waals surface area contributed by atoms with Gasteiger partial charge in [0.15, 0.2) is 0 Å². The van der Waals surface area contributed by atoms with E-state index in [0.29, 0.717) is 0 Å². The largest absolute Gasteiger partial charge is 0.245 e. The van der Waals surface area contributed by atoms with Crippen LogP contribution < -0.4 is 0 Å². The Kier molecular flexibility index (Phi) is 4.28. The Bertz CT molecular complexity index is 998. The molecule has 0 unspecified atom stereocenters. The first-order valence-electron chi connectivity index (χ1n) is 7.65. The summed E-state index contributed by atoms with van der Waals surface area (Å²) in [5.41, 5.74) is 7.81. The number of hydrogen-bond donors (Lipinski definition) is 0. The van der Waals surface area contributed by atoms with Gasteiger partial charge in [-0.15, -0.1) is 11.3 Å². The van der Waals surface area contributed by atoms with Crippen molar-refractivity contribution in [3.63, 3.8) is 0 Å². The summed E-state index contributed by atoms with van der Waals surface area (Å²) < 4.78 is 2.33. The Hall–Kier alpha value is -2.23. The van der Waals surface area contributed by atoms with Crippen LogP contribution in [0.15, 0.2) is 76.7 Å². The van der Waals surface area contributed by atoms with Crippen molar-refractivity contribution < 1.29 is 0 Å². The summed E-state index contributed by atoms with van der Waals surface area (Å²) in [4.78, 5) is 4.33. The smallest absolute Gasteiger partial charge is 0.0812 e. The molecule has 1 heterocycles. The molecule has 0 aliphatic rings. The van der Waals surface area contributed by atoms with Gasteiger partial charge in [0.1, 0.15) is 0 Å². The van der Waals surface area contributed by atoms with Crippen molar-refractivity contribution in [2.75, 3.05) is 0 Å². The van der Waals surface area contributed by atoms with E-state index in [1.165, 1.54) is 27.0 Å². The van der Waals surface area contributed by atoms with Crippen molar-refractivity contribution in [3.8, 4) is 11.1 Å². The molecule has 116 valence electrons. The summed E-state index contributed by atoms with van der Waals surface area (Å²) in [7, 11) is 0. The van der Waals surface area contributed by atoms with Crippen molar-refractivity contribution in [1.82, 2.24) is 4.98 Å². The first kappa shape index (κ1) is 15.3. The van der Waals surface area contributed by atoms with Crippen molar-refractivity contribution in [2.24, 2.45) is 0 Å². The average molecular weight is 392 g/mol. The highest BCUT2D eigenvalue weighted by Crippen LogP contribution is 2.26. The molecule has 0 N–H and O–H groups in total. The van der Waals surface area contributed by atoms with Gasteiger partial charge in [0, 0.05) is 4.47 Å². The third kappa shape index (κ3) is 3.32. The molecule has 0 spiro atoms. The predicted molar refractivity (Wildman–Crippen MR) is 108 cm³/mol. The molecule has 0 aliphatic carbocycles. The van der Waals surface area contributed by atoms with Crippen LogP contribution in [0.25, 0.3) is 33.5 Å². The van der Waals surface area contributed by atoms with Gasteiger partial charge >= 0.3 is 0 Å². The SMILES string of the molecule is Brc1ccc(/C=C/c2ccc(-c3ccc4ncsc4c3)cc2)cc1. The van der Waals surface area contributed by atoms with Crippen LogP contribution in [0.1, 0.15) is 11.1 Å². The molecule has 0 saturated heterocycles. The van der Waals surface area contributed by atoms with E-state index in [9.17, 15) is 0 Å². The molecule has 1 aromatic heterocycles. The number of benzene rings is 3. The summed E-state index contributed by atoms with van der Waals surface area (Å²) in [6, 6.07) is 23.4. The number of nitrogens with zero attached hydrogens (tertiary/aromatic N) is 1. The van der Waals surface area contributed by atoms with Gasteiger partial charge in [0.25, 0.3) is 0 Å². The van der Waals surface area contributed by atoms with E-state index < -0.39 is 0 Å². The molecule has 24 heavy (non-hydrogen) atoms. The van der Waals surface area contributed by atoms with Crippen molar-refractivity contribution in [3.05, 3.63) is 87.8 Å². The number of thiazole rings is 1. The van der Waals surface area contributed by atoms with Gasteiger partial charge in [-0.25, -0.2) is 4.98 Å². The van der Waals surface area contributed by atoms with Crippen LogP contribution in [0.3, 0.4) is 0 Å². The molecule has 0 aliphatic heterocycles. The molecule has 0 amide bonds. The summed E-state index contributed by atoms with van der Waals surface area (Å²) >= 11 is 5.14. The second-order valence-corrected chi connectivity index (χ2v) is 7.34. The first-order valence-corrected chi connectivity index (χ1v) is 9.32. The lowest BCUT2D eigenvalue weighted by molar-refractivity contribution is 1.50. The lowest BCUT2D eigenvalue weighted by Gasteiger charge is -2.03. The van der Waals surface area contributed by atoms with Gasteiger partial charge in [0.2, 0.25) is 0 Å². The number of rotatable bonds is 3. The summed E-state index contributed by atoms with van der Waals surface area (Å²) in [5, 5.41) is 0. The number of fused-ring (bicyclic) bond motifs is 1. The minimum atomic E-state index is 1.07. The number of aromatic nitrogens is 1. The second kappa shape index (κ2) is 6.71. The lowest BCUT2D eigenvalue weighted by Crippen LogP contribution is -1.79. The Balaban J connectivity index is 1.56. The van der Waals surface area contributed by atoms with Crippen LogP contribution in [0.5, 0.6) is 0 Å². The van der Waals surface area contributed by atoms with Crippen molar-refractivity contribution in [1.29, 1.82) is 0 Å². The Morgan fingerprint density at radius 2 is 1.38 bits per heavy atom. The molecule has 0 atom stereocenters. The molecule has 4 aromatic rings. The summed E-state index contributed by atoms with van der Waals surface area (Å²) in [6.45, 7) is 0. The highest BCUT2D eigenvalue weighted by molar-refractivity contribution is 9.10. The maximum absolute atomic E-state index is 4.33. The summed E-state index contributed by atoms with van der Waals surface area (Å²) in [5.74, 6) is 0. The minimum absolute atomic E-state index is 1.07. The van der Waals surface area contributed by atoms with Crippen LogP contribution in [-0.4, -0.2) is 4.98 Å². The Morgan fingerprint density at radius 3 is 2.08 bits per heavy atom. The van der Waals surface area contributed by atoms with Gasteiger partial charge in [0.05, 0.1) is 15.7 Å². The van der Waals surface area contributed by atoms with E-state index in [1.807, 2.05) is 5.51 Å². The molecule has 0 bridgehead atoms. The molecule has 0 radical (unpaired) electrons. The third-order valence-corrected chi connectivity index (χ3v) is 5.23.